The monoisotopic (exact) mass is 272 g/mol. The highest BCUT2D eigenvalue weighted by molar-refractivity contribution is 6.28. The van der Waals surface area contributed by atoms with E-state index in [0.717, 1.165) is 25.6 Å². The second kappa shape index (κ2) is 5.45. The van der Waals surface area contributed by atoms with Crippen LogP contribution >= 0.6 is 11.6 Å². The average Bonchev–Trinajstić information content (AvgIpc) is 2.81. The van der Waals surface area contributed by atoms with Gasteiger partial charge in [0.15, 0.2) is 0 Å². The molecule has 1 aliphatic heterocycles. The molecule has 2 unspecified atom stereocenters. The number of nitrogens with zero attached hydrogens (tertiary/aromatic N) is 3. The SMILES string of the molecule is CC(Nc1nc(Cl)ncc1[N+](=O)[O-])C1CCCO1. The smallest absolute Gasteiger partial charge is 0.329 e. The van der Waals surface area contributed by atoms with Crippen molar-refractivity contribution in [1.82, 2.24) is 9.97 Å². The zero-order valence-corrected chi connectivity index (χ0v) is 10.6. The van der Waals surface area contributed by atoms with Gasteiger partial charge in [-0.2, -0.15) is 4.98 Å². The molecular formula is C10H13ClN4O3. The minimum Gasteiger partial charge on any atom is -0.376 e. The normalized spacial score (nSPS) is 20.7. The Morgan fingerprint density at radius 3 is 3.11 bits per heavy atom. The molecule has 1 saturated heterocycles. The maximum Gasteiger partial charge on any atom is 0.329 e. The Balaban J connectivity index is 2.16. The summed E-state index contributed by atoms with van der Waals surface area (Å²) in [6, 6.07) is -0.0721. The number of nitrogens with one attached hydrogen (secondary N) is 1. The standard InChI is InChI=1S/C10H13ClN4O3/c1-6(8-3-2-4-18-8)13-9-7(15(16)17)5-12-10(11)14-9/h5-6,8H,2-4H2,1H3,(H,12,13,14). The Labute approximate surface area is 109 Å². The predicted molar refractivity (Wildman–Crippen MR) is 65.8 cm³/mol. The van der Waals surface area contributed by atoms with Crippen LogP contribution in [0.15, 0.2) is 6.20 Å². The van der Waals surface area contributed by atoms with Gasteiger partial charge in [-0.1, -0.05) is 0 Å². The van der Waals surface area contributed by atoms with E-state index < -0.39 is 4.92 Å². The van der Waals surface area contributed by atoms with E-state index in [-0.39, 0.29) is 28.9 Å². The quantitative estimate of drug-likeness (QED) is 0.512. The van der Waals surface area contributed by atoms with E-state index in [4.69, 9.17) is 16.3 Å². The molecule has 1 aliphatic rings. The summed E-state index contributed by atoms with van der Waals surface area (Å²) in [6.45, 7) is 2.62. The van der Waals surface area contributed by atoms with E-state index in [9.17, 15) is 10.1 Å². The zero-order valence-electron chi connectivity index (χ0n) is 9.80. The van der Waals surface area contributed by atoms with Crippen molar-refractivity contribution in [2.24, 2.45) is 0 Å². The van der Waals surface area contributed by atoms with Crippen molar-refractivity contribution in [3.63, 3.8) is 0 Å². The Hall–Kier alpha value is -1.47. The molecule has 2 atom stereocenters. The van der Waals surface area contributed by atoms with Crippen LogP contribution in [0.4, 0.5) is 11.5 Å². The van der Waals surface area contributed by atoms with Gasteiger partial charge in [0.1, 0.15) is 6.20 Å². The highest BCUT2D eigenvalue weighted by Crippen LogP contribution is 2.25. The number of halogens is 1. The Bertz CT molecular complexity index is 451. The molecule has 0 bridgehead atoms. The van der Waals surface area contributed by atoms with Crippen LogP contribution in [0.2, 0.25) is 5.28 Å². The molecule has 1 aromatic heterocycles. The van der Waals surface area contributed by atoms with Gasteiger partial charge >= 0.3 is 5.69 Å². The van der Waals surface area contributed by atoms with Gasteiger partial charge in [0.2, 0.25) is 11.1 Å². The molecule has 1 N–H and O–H groups in total. The molecule has 0 saturated carbocycles. The van der Waals surface area contributed by atoms with Gasteiger partial charge in [0, 0.05) is 6.61 Å². The van der Waals surface area contributed by atoms with Gasteiger partial charge in [-0.15, -0.1) is 0 Å². The summed E-state index contributed by atoms with van der Waals surface area (Å²) in [4.78, 5) is 17.8. The van der Waals surface area contributed by atoms with Crippen LogP contribution in [0.1, 0.15) is 19.8 Å². The number of hydrogen-bond donors (Lipinski definition) is 1. The summed E-state index contributed by atoms with van der Waals surface area (Å²) in [5.41, 5.74) is -0.191. The van der Waals surface area contributed by atoms with Crippen molar-refractivity contribution in [2.45, 2.75) is 31.9 Å². The molecule has 0 amide bonds. The lowest BCUT2D eigenvalue weighted by atomic mass is 10.1. The lowest BCUT2D eigenvalue weighted by Gasteiger charge is -2.20. The first kappa shape index (κ1) is 13.0. The third kappa shape index (κ3) is 2.85. The third-order valence-electron chi connectivity index (χ3n) is 2.82. The van der Waals surface area contributed by atoms with Crippen molar-refractivity contribution in [2.75, 3.05) is 11.9 Å². The Kier molecular flexibility index (Phi) is 3.93. The van der Waals surface area contributed by atoms with Crippen LogP contribution in [0.25, 0.3) is 0 Å². The predicted octanol–water partition coefficient (Wildman–Crippen LogP) is 2.02. The average molecular weight is 273 g/mol. The zero-order chi connectivity index (χ0) is 13.1. The summed E-state index contributed by atoms with van der Waals surface area (Å²) in [5.74, 6) is 0.128. The number of hydrogen-bond acceptors (Lipinski definition) is 6. The van der Waals surface area contributed by atoms with Gasteiger partial charge in [0.05, 0.1) is 17.1 Å². The molecule has 8 heteroatoms. The molecule has 1 aromatic rings. The van der Waals surface area contributed by atoms with E-state index in [2.05, 4.69) is 15.3 Å². The van der Waals surface area contributed by atoms with Crippen LogP contribution in [0.3, 0.4) is 0 Å². The van der Waals surface area contributed by atoms with Crippen LogP contribution in [0.5, 0.6) is 0 Å². The third-order valence-corrected chi connectivity index (χ3v) is 3.01. The van der Waals surface area contributed by atoms with Gasteiger partial charge in [-0.05, 0) is 31.4 Å². The summed E-state index contributed by atoms with van der Waals surface area (Å²) >= 11 is 5.65. The van der Waals surface area contributed by atoms with Crippen LogP contribution in [-0.2, 0) is 4.74 Å². The summed E-state index contributed by atoms with van der Waals surface area (Å²) in [6.07, 6.45) is 3.07. The second-order valence-corrected chi connectivity index (χ2v) is 4.45. The number of aromatic nitrogens is 2. The fourth-order valence-electron chi connectivity index (χ4n) is 1.90. The van der Waals surface area contributed by atoms with Crippen molar-refractivity contribution >= 4 is 23.1 Å². The molecule has 2 rings (SSSR count). The highest BCUT2D eigenvalue weighted by Gasteiger charge is 2.25. The molecule has 2 heterocycles. The Morgan fingerprint density at radius 1 is 1.72 bits per heavy atom. The molecule has 0 radical (unpaired) electrons. The molecule has 7 nitrogen and oxygen atoms in total. The summed E-state index contributed by atoms with van der Waals surface area (Å²) in [7, 11) is 0. The molecule has 1 fully saturated rings. The van der Waals surface area contributed by atoms with E-state index in [1.165, 1.54) is 0 Å². The van der Waals surface area contributed by atoms with Gasteiger partial charge in [-0.25, -0.2) is 4.98 Å². The minimum atomic E-state index is -0.541. The number of ether oxygens (including phenoxy) is 1. The van der Waals surface area contributed by atoms with Crippen LogP contribution < -0.4 is 5.32 Å². The molecule has 98 valence electrons. The van der Waals surface area contributed by atoms with E-state index in [1.54, 1.807) is 0 Å². The first-order valence-electron chi connectivity index (χ1n) is 5.63. The maximum absolute atomic E-state index is 10.8. The van der Waals surface area contributed by atoms with E-state index in [0.29, 0.717) is 0 Å². The second-order valence-electron chi connectivity index (χ2n) is 4.11. The lowest BCUT2D eigenvalue weighted by molar-refractivity contribution is -0.384. The van der Waals surface area contributed by atoms with Crippen molar-refractivity contribution in [3.05, 3.63) is 21.6 Å². The molecule has 0 spiro atoms. The number of rotatable bonds is 4. The molecule has 0 aliphatic carbocycles. The minimum absolute atomic E-state index is 0.0253. The Morgan fingerprint density at radius 2 is 2.50 bits per heavy atom. The highest BCUT2D eigenvalue weighted by atomic mass is 35.5. The van der Waals surface area contributed by atoms with Gasteiger partial charge in [0.25, 0.3) is 0 Å². The largest absolute Gasteiger partial charge is 0.376 e. The van der Waals surface area contributed by atoms with E-state index in [1.807, 2.05) is 6.92 Å². The molecule has 18 heavy (non-hydrogen) atoms. The van der Waals surface area contributed by atoms with Gasteiger partial charge < -0.3 is 10.1 Å². The maximum atomic E-state index is 10.8. The number of anilines is 1. The molecule has 0 aromatic carbocycles. The summed E-state index contributed by atoms with van der Waals surface area (Å²) < 4.78 is 5.51. The summed E-state index contributed by atoms with van der Waals surface area (Å²) in [5, 5.41) is 13.8. The topological polar surface area (TPSA) is 90.2 Å². The fraction of sp³-hybridized carbons (Fsp3) is 0.600. The fourth-order valence-corrected chi connectivity index (χ4v) is 2.03. The first-order valence-corrected chi connectivity index (χ1v) is 6.01. The lowest BCUT2D eigenvalue weighted by Crippen LogP contribution is -2.30. The van der Waals surface area contributed by atoms with Crippen molar-refractivity contribution in [1.29, 1.82) is 0 Å². The first-order chi connectivity index (χ1) is 8.58. The molecular weight excluding hydrogens is 260 g/mol. The number of nitro groups is 1. The van der Waals surface area contributed by atoms with Gasteiger partial charge in [-0.3, -0.25) is 10.1 Å². The van der Waals surface area contributed by atoms with E-state index >= 15 is 0 Å². The van der Waals surface area contributed by atoms with Crippen LogP contribution in [-0.4, -0.2) is 33.6 Å². The van der Waals surface area contributed by atoms with Crippen molar-refractivity contribution < 1.29 is 9.66 Å². The van der Waals surface area contributed by atoms with Crippen LogP contribution in [0, 0.1) is 10.1 Å². The van der Waals surface area contributed by atoms with Crippen molar-refractivity contribution in [3.8, 4) is 0 Å².